The summed E-state index contributed by atoms with van der Waals surface area (Å²) in [5.41, 5.74) is 3.87. The first-order valence-corrected chi connectivity index (χ1v) is 12.2. The summed E-state index contributed by atoms with van der Waals surface area (Å²) in [6.45, 7) is 4.01. The molecule has 1 aliphatic rings. The Morgan fingerprint density at radius 2 is 1.83 bits per heavy atom. The van der Waals surface area contributed by atoms with Crippen LogP contribution >= 0.6 is 11.5 Å². The van der Waals surface area contributed by atoms with E-state index >= 15 is 0 Å². The number of nitriles is 1. The maximum Gasteiger partial charge on any atom is 0.164 e. The zero-order valence-corrected chi connectivity index (χ0v) is 20.2. The fraction of sp³-hybridized carbons (Fsp3) is 0.154. The molecule has 0 radical (unpaired) electrons. The topological polar surface area (TPSA) is 96.4 Å². The van der Waals surface area contributed by atoms with Crippen molar-refractivity contribution in [2.45, 2.75) is 26.3 Å². The summed E-state index contributed by atoms with van der Waals surface area (Å²) >= 11 is 1.32. The van der Waals surface area contributed by atoms with Gasteiger partial charge in [0.2, 0.25) is 0 Å². The van der Waals surface area contributed by atoms with E-state index in [1.165, 1.54) is 23.7 Å². The van der Waals surface area contributed by atoms with E-state index in [0.717, 1.165) is 45.4 Å². The monoisotopic (exact) mass is 494 g/mol. The van der Waals surface area contributed by atoms with Gasteiger partial charge in [-0.2, -0.15) is 9.64 Å². The quantitative estimate of drug-likeness (QED) is 0.313. The predicted molar refractivity (Wildman–Crippen MR) is 135 cm³/mol. The summed E-state index contributed by atoms with van der Waals surface area (Å²) in [4.78, 5) is 12.7. The second-order valence-electron chi connectivity index (χ2n) is 8.37. The molecule has 8 nitrogen and oxygen atoms in total. The van der Waals surface area contributed by atoms with Crippen molar-refractivity contribution in [3.63, 3.8) is 0 Å². The van der Waals surface area contributed by atoms with Crippen LogP contribution in [0.2, 0.25) is 0 Å². The maximum atomic E-state index is 13.5. The Hall–Kier alpha value is -4.49. The van der Waals surface area contributed by atoms with Crippen molar-refractivity contribution in [2.75, 3.05) is 4.90 Å². The van der Waals surface area contributed by atoms with Crippen molar-refractivity contribution in [1.82, 2.24) is 29.1 Å². The second-order valence-corrected chi connectivity index (χ2v) is 9.17. The number of rotatable bonds is 4. The van der Waals surface area contributed by atoms with E-state index < -0.39 is 0 Å². The van der Waals surface area contributed by atoms with Crippen molar-refractivity contribution in [3.05, 3.63) is 84.0 Å². The standard InChI is InChI=1S/C26H19FN8S/c1-3-21-26-33-32-15(2)34(26)22-14-29-24(20-13-30-36-23(20)17-6-8-18(27)9-7-17)31-25(22)35(21)19-10-4-16(12-28)5-11-19/h4-11,13-14,21H,3H2,1-2H3/t21-/m1/s1. The van der Waals surface area contributed by atoms with E-state index in [4.69, 9.17) is 9.97 Å². The number of aryl methyl sites for hydroxylation is 1. The summed E-state index contributed by atoms with van der Waals surface area (Å²) in [7, 11) is 0. The molecule has 2 aromatic carbocycles. The van der Waals surface area contributed by atoms with E-state index in [-0.39, 0.29) is 11.9 Å². The van der Waals surface area contributed by atoms with Crippen molar-refractivity contribution in [1.29, 1.82) is 5.26 Å². The summed E-state index contributed by atoms with van der Waals surface area (Å²) < 4.78 is 19.9. The zero-order chi connectivity index (χ0) is 24.8. The van der Waals surface area contributed by atoms with Crippen molar-refractivity contribution < 1.29 is 4.39 Å². The molecule has 176 valence electrons. The van der Waals surface area contributed by atoms with E-state index in [1.54, 1.807) is 36.7 Å². The third-order valence-electron chi connectivity index (χ3n) is 6.26. The Morgan fingerprint density at radius 3 is 2.56 bits per heavy atom. The van der Waals surface area contributed by atoms with Crippen molar-refractivity contribution >= 4 is 23.0 Å². The predicted octanol–water partition coefficient (Wildman–Crippen LogP) is 5.77. The van der Waals surface area contributed by atoms with Gasteiger partial charge in [0, 0.05) is 5.69 Å². The Labute approximate surface area is 210 Å². The molecule has 0 fully saturated rings. The van der Waals surface area contributed by atoms with Crippen LogP contribution in [0, 0.1) is 24.1 Å². The van der Waals surface area contributed by atoms with Crippen LogP contribution in [0.3, 0.4) is 0 Å². The minimum Gasteiger partial charge on any atom is -0.314 e. The Kier molecular flexibility index (Phi) is 5.27. The highest BCUT2D eigenvalue weighted by Gasteiger charge is 2.36. The molecule has 10 heteroatoms. The highest BCUT2D eigenvalue weighted by atomic mass is 32.1. The van der Waals surface area contributed by atoms with Gasteiger partial charge in [0.25, 0.3) is 0 Å². The molecule has 1 aliphatic heterocycles. The van der Waals surface area contributed by atoms with Gasteiger partial charge in [-0.25, -0.2) is 14.4 Å². The lowest BCUT2D eigenvalue weighted by Gasteiger charge is -2.37. The number of benzene rings is 2. The van der Waals surface area contributed by atoms with Gasteiger partial charge in [-0.05, 0) is 66.8 Å². The van der Waals surface area contributed by atoms with Gasteiger partial charge in [-0.3, -0.25) is 4.57 Å². The number of halogens is 1. The van der Waals surface area contributed by atoms with Gasteiger partial charge in [-0.1, -0.05) is 19.1 Å². The first-order chi connectivity index (χ1) is 17.6. The molecule has 0 saturated carbocycles. The molecule has 0 spiro atoms. The number of hydrogen-bond acceptors (Lipinski definition) is 8. The first kappa shape index (κ1) is 22.0. The molecule has 0 saturated heterocycles. The van der Waals surface area contributed by atoms with E-state index in [0.29, 0.717) is 17.2 Å². The third-order valence-corrected chi connectivity index (χ3v) is 7.11. The molecule has 3 aromatic heterocycles. The smallest absolute Gasteiger partial charge is 0.164 e. The van der Waals surface area contributed by atoms with Crippen LogP contribution in [0.15, 0.2) is 60.9 Å². The average molecular weight is 495 g/mol. The average Bonchev–Trinajstić information content (AvgIpc) is 3.55. The molecule has 0 N–H and O–H groups in total. The van der Waals surface area contributed by atoms with Crippen LogP contribution < -0.4 is 4.90 Å². The number of nitrogens with zero attached hydrogens (tertiary/aromatic N) is 8. The molecule has 4 heterocycles. The van der Waals surface area contributed by atoms with Gasteiger partial charge in [0.15, 0.2) is 17.5 Å². The van der Waals surface area contributed by atoms with Gasteiger partial charge in [0.1, 0.15) is 17.3 Å². The van der Waals surface area contributed by atoms with E-state index in [1.807, 2.05) is 23.6 Å². The number of fused-ring (bicyclic) bond motifs is 3. The lowest BCUT2D eigenvalue weighted by atomic mass is 10.1. The van der Waals surface area contributed by atoms with Crippen LogP contribution in [-0.2, 0) is 0 Å². The minimum absolute atomic E-state index is 0.119. The SMILES string of the molecule is CC[C@@H]1c2nnc(C)n2-c2cnc(-c3cnsc3-c3ccc(F)cc3)nc2N1c1ccc(C#N)cc1. The van der Waals surface area contributed by atoms with Crippen LogP contribution in [0.25, 0.3) is 27.5 Å². The molecule has 5 aromatic rings. The van der Waals surface area contributed by atoms with Crippen molar-refractivity contribution in [2.24, 2.45) is 0 Å². The van der Waals surface area contributed by atoms with Crippen LogP contribution in [0.1, 0.15) is 36.6 Å². The van der Waals surface area contributed by atoms with E-state index in [2.05, 4.69) is 32.5 Å². The Bertz CT molecular complexity index is 1620. The lowest BCUT2D eigenvalue weighted by molar-refractivity contribution is 0.588. The molecule has 36 heavy (non-hydrogen) atoms. The van der Waals surface area contributed by atoms with Crippen LogP contribution in [0.4, 0.5) is 15.9 Å². The van der Waals surface area contributed by atoms with Gasteiger partial charge in [-0.15, -0.1) is 10.2 Å². The minimum atomic E-state index is -0.293. The van der Waals surface area contributed by atoms with Gasteiger partial charge >= 0.3 is 0 Å². The Balaban J connectivity index is 1.55. The lowest BCUT2D eigenvalue weighted by Crippen LogP contribution is -2.32. The van der Waals surface area contributed by atoms with E-state index in [9.17, 15) is 9.65 Å². The molecule has 0 amide bonds. The van der Waals surface area contributed by atoms with Crippen LogP contribution in [0.5, 0.6) is 0 Å². The highest BCUT2D eigenvalue weighted by molar-refractivity contribution is 7.10. The fourth-order valence-electron chi connectivity index (χ4n) is 4.56. The molecule has 0 aliphatic carbocycles. The molecule has 1 atom stereocenters. The number of hydrogen-bond donors (Lipinski definition) is 0. The van der Waals surface area contributed by atoms with Crippen LogP contribution in [-0.4, -0.2) is 29.1 Å². The maximum absolute atomic E-state index is 13.5. The molecule has 0 unspecified atom stereocenters. The number of aromatic nitrogens is 6. The zero-order valence-electron chi connectivity index (χ0n) is 19.4. The summed E-state index contributed by atoms with van der Waals surface area (Å²) in [6.07, 6.45) is 4.29. The first-order valence-electron chi connectivity index (χ1n) is 11.4. The van der Waals surface area contributed by atoms with Gasteiger partial charge < -0.3 is 4.90 Å². The number of anilines is 2. The fourth-order valence-corrected chi connectivity index (χ4v) is 5.31. The summed E-state index contributed by atoms with van der Waals surface area (Å²) in [5, 5.41) is 18.1. The second kappa shape index (κ2) is 8.62. The summed E-state index contributed by atoms with van der Waals surface area (Å²) in [5.74, 6) is 2.50. The molecular weight excluding hydrogens is 475 g/mol. The summed E-state index contributed by atoms with van der Waals surface area (Å²) in [6, 6.07) is 15.8. The molecule has 6 rings (SSSR count). The molecular formula is C26H19FN8S. The molecule has 0 bridgehead atoms. The largest absolute Gasteiger partial charge is 0.314 e. The van der Waals surface area contributed by atoms with Gasteiger partial charge in [0.05, 0.1) is 40.5 Å². The highest BCUT2D eigenvalue weighted by Crippen LogP contribution is 2.44. The third kappa shape index (κ3) is 3.44. The van der Waals surface area contributed by atoms with Crippen molar-refractivity contribution in [3.8, 4) is 33.6 Å². The normalized spacial score (nSPS) is 14.3. The Morgan fingerprint density at radius 1 is 1.06 bits per heavy atom.